The molecule has 0 saturated heterocycles. The number of nitrogen functional groups attached to an aromatic ring is 1. The third kappa shape index (κ3) is 3.95. The molecule has 102 valence electrons. The summed E-state index contributed by atoms with van der Waals surface area (Å²) >= 11 is 0. The third-order valence-electron chi connectivity index (χ3n) is 2.36. The number of nitrogens with two attached hydrogens (primary N) is 1. The molecule has 6 nitrogen and oxygen atoms in total. The van der Waals surface area contributed by atoms with Gasteiger partial charge in [-0.15, -0.1) is 0 Å². The lowest BCUT2D eigenvalue weighted by atomic mass is 10.2. The Bertz CT molecular complexity index is 502. The molecular formula is C11H18N2O4S. The molecule has 1 unspecified atom stereocenters. The first-order valence-electron chi connectivity index (χ1n) is 5.39. The van der Waals surface area contributed by atoms with Crippen molar-refractivity contribution in [1.82, 2.24) is 4.72 Å². The number of methoxy groups -OCH3 is 1. The lowest BCUT2D eigenvalue weighted by Gasteiger charge is -2.13. The van der Waals surface area contributed by atoms with Crippen LogP contribution < -0.4 is 10.5 Å². The number of ether oxygens (including phenoxy) is 1. The summed E-state index contributed by atoms with van der Waals surface area (Å²) in [6, 6.07) is 4.54. The van der Waals surface area contributed by atoms with Gasteiger partial charge in [-0.2, -0.15) is 0 Å². The van der Waals surface area contributed by atoms with E-state index in [1.54, 1.807) is 13.0 Å². The van der Waals surface area contributed by atoms with E-state index in [1.807, 2.05) is 0 Å². The van der Waals surface area contributed by atoms with E-state index in [-0.39, 0.29) is 18.0 Å². The maximum absolute atomic E-state index is 12.0. The molecule has 1 aromatic carbocycles. The predicted octanol–water partition coefficient (Wildman–Crippen LogP) is -0.137. The summed E-state index contributed by atoms with van der Waals surface area (Å²) in [5.74, 6) is 0. The first-order chi connectivity index (χ1) is 8.36. The Morgan fingerprint density at radius 1 is 1.50 bits per heavy atom. The van der Waals surface area contributed by atoms with E-state index in [0.717, 1.165) is 0 Å². The van der Waals surface area contributed by atoms with Crippen molar-refractivity contribution in [3.05, 3.63) is 23.8 Å². The molecule has 0 heterocycles. The van der Waals surface area contributed by atoms with E-state index in [9.17, 15) is 13.5 Å². The second kappa shape index (κ2) is 6.14. The lowest BCUT2D eigenvalue weighted by Crippen LogP contribution is -2.34. The Hall–Kier alpha value is -1.15. The second-order valence-electron chi connectivity index (χ2n) is 3.99. The van der Waals surface area contributed by atoms with Gasteiger partial charge < -0.3 is 15.6 Å². The van der Waals surface area contributed by atoms with Crippen LogP contribution >= 0.6 is 0 Å². The molecule has 0 fully saturated rings. The summed E-state index contributed by atoms with van der Waals surface area (Å²) in [4.78, 5) is 0.154. The second-order valence-corrected chi connectivity index (χ2v) is 5.72. The van der Waals surface area contributed by atoms with Gasteiger partial charge in [-0.1, -0.05) is 0 Å². The van der Waals surface area contributed by atoms with Crippen molar-refractivity contribution >= 4 is 15.7 Å². The average Bonchev–Trinajstić information content (AvgIpc) is 2.26. The highest BCUT2D eigenvalue weighted by Gasteiger charge is 2.17. The third-order valence-corrected chi connectivity index (χ3v) is 3.94. The molecule has 1 atom stereocenters. The summed E-state index contributed by atoms with van der Waals surface area (Å²) < 4.78 is 31.0. The highest BCUT2D eigenvalue weighted by Crippen LogP contribution is 2.17. The van der Waals surface area contributed by atoms with Crippen LogP contribution in [0.3, 0.4) is 0 Å². The Morgan fingerprint density at radius 2 is 2.17 bits per heavy atom. The van der Waals surface area contributed by atoms with Gasteiger partial charge in [0.05, 0.1) is 17.6 Å². The number of hydrogen-bond acceptors (Lipinski definition) is 5. The zero-order valence-electron chi connectivity index (χ0n) is 10.4. The van der Waals surface area contributed by atoms with Crippen LogP contribution in [-0.4, -0.2) is 39.9 Å². The van der Waals surface area contributed by atoms with Crippen LogP contribution in [0.4, 0.5) is 5.69 Å². The summed E-state index contributed by atoms with van der Waals surface area (Å²) in [6.07, 6.45) is -0.876. The molecule has 1 rings (SSSR count). The minimum Gasteiger partial charge on any atom is -0.399 e. The van der Waals surface area contributed by atoms with E-state index >= 15 is 0 Å². The lowest BCUT2D eigenvalue weighted by molar-refractivity contribution is 0.0679. The van der Waals surface area contributed by atoms with Crippen LogP contribution in [0.1, 0.15) is 5.56 Å². The zero-order valence-corrected chi connectivity index (χ0v) is 11.2. The maximum atomic E-state index is 12.0. The van der Waals surface area contributed by atoms with Gasteiger partial charge >= 0.3 is 0 Å². The van der Waals surface area contributed by atoms with E-state index in [2.05, 4.69) is 4.72 Å². The Kier molecular flexibility index (Phi) is 5.09. The number of anilines is 1. The number of hydrogen-bond donors (Lipinski definition) is 3. The van der Waals surface area contributed by atoms with Crippen molar-refractivity contribution < 1.29 is 18.3 Å². The fourth-order valence-corrected chi connectivity index (χ4v) is 2.81. The monoisotopic (exact) mass is 274 g/mol. The fourth-order valence-electron chi connectivity index (χ4n) is 1.51. The molecule has 0 aliphatic carbocycles. The van der Waals surface area contributed by atoms with Crippen molar-refractivity contribution in [3.63, 3.8) is 0 Å². The molecule has 0 saturated carbocycles. The SMILES string of the molecule is COCC(O)CNS(=O)(=O)c1ccc(N)cc1C. The maximum Gasteiger partial charge on any atom is 0.240 e. The average molecular weight is 274 g/mol. The van der Waals surface area contributed by atoms with Crippen LogP contribution in [0.5, 0.6) is 0 Å². The van der Waals surface area contributed by atoms with E-state index in [1.165, 1.54) is 19.2 Å². The van der Waals surface area contributed by atoms with Gasteiger partial charge in [0.2, 0.25) is 10.0 Å². The fraction of sp³-hybridized carbons (Fsp3) is 0.455. The molecule has 0 aliphatic rings. The highest BCUT2D eigenvalue weighted by molar-refractivity contribution is 7.89. The normalized spacial score (nSPS) is 13.5. The number of aryl methyl sites for hydroxylation is 1. The van der Waals surface area contributed by atoms with Crippen LogP contribution in [0, 0.1) is 6.92 Å². The van der Waals surface area contributed by atoms with E-state index < -0.39 is 16.1 Å². The summed E-state index contributed by atoms with van der Waals surface area (Å²) in [5, 5.41) is 9.40. The number of benzene rings is 1. The van der Waals surface area contributed by atoms with E-state index in [0.29, 0.717) is 11.3 Å². The molecule has 4 N–H and O–H groups in total. The molecule has 0 radical (unpaired) electrons. The van der Waals surface area contributed by atoms with Gasteiger partial charge in [0.15, 0.2) is 0 Å². The summed E-state index contributed by atoms with van der Waals surface area (Å²) in [7, 11) is -2.21. The first kappa shape index (κ1) is 14.9. The van der Waals surface area contributed by atoms with Gasteiger partial charge in [-0.3, -0.25) is 0 Å². The van der Waals surface area contributed by atoms with Gasteiger partial charge in [0.1, 0.15) is 0 Å². The van der Waals surface area contributed by atoms with Crippen molar-refractivity contribution in [3.8, 4) is 0 Å². The molecule has 7 heteroatoms. The predicted molar refractivity (Wildman–Crippen MR) is 68.7 cm³/mol. The molecule has 18 heavy (non-hydrogen) atoms. The molecular weight excluding hydrogens is 256 g/mol. The van der Waals surface area contributed by atoms with Gasteiger partial charge in [-0.05, 0) is 30.7 Å². The van der Waals surface area contributed by atoms with Crippen LogP contribution in [0.2, 0.25) is 0 Å². The van der Waals surface area contributed by atoms with Crippen LogP contribution in [0.15, 0.2) is 23.1 Å². The van der Waals surface area contributed by atoms with Crippen molar-refractivity contribution in [2.45, 2.75) is 17.9 Å². The van der Waals surface area contributed by atoms with Gasteiger partial charge in [-0.25, -0.2) is 13.1 Å². The number of rotatable bonds is 6. The zero-order chi connectivity index (χ0) is 13.8. The Morgan fingerprint density at radius 3 is 2.72 bits per heavy atom. The Balaban J connectivity index is 2.80. The number of aliphatic hydroxyl groups is 1. The quantitative estimate of drug-likeness (QED) is 0.627. The minimum absolute atomic E-state index is 0.0727. The molecule has 0 aromatic heterocycles. The van der Waals surface area contributed by atoms with Gasteiger partial charge in [0, 0.05) is 19.3 Å². The standard InChI is InChI=1S/C11H18N2O4S/c1-8-5-9(12)3-4-11(8)18(15,16)13-6-10(14)7-17-2/h3-5,10,13-14H,6-7,12H2,1-2H3. The highest BCUT2D eigenvalue weighted by atomic mass is 32.2. The van der Waals surface area contributed by atoms with Crippen LogP contribution in [-0.2, 0) is 14.8 Å². The van der Waals surface area contributed by atoms with Crippen LogP contribution in [0.25, 0.3) is 0 Å². The van der Waals surface area contributed by atoms with Gasteiger partial charge in [0.25, 0.3) is 0 Å². The number of sulfonamides is 1. The molecule has 0 spiro atoms. The van der Waals surface area contributed by atoms with Crippen molar-refractivity contribution in [2.75, 3.05) is 26.0 Å². The molecule has 0 aliphatic heterocycles. The molecule has 0 amide bonds. The van der Waals surface area contributed by atoms with Crippen molar-refractivity contribution in [1.29, 1.82) is 0 Å². The number of nitrogens with one attached hydrogen (secondary N) is 1. The van der Waals surface area contributed by atoms with Crippen molar-refractivity contribution in [2.24, 2.45) is 0 Å². The molecule has 0 bridgehead atoms. The topological polar surface area (TPSA) is 102 Å². The smallest absolute Gasteiger partial charge is 0.240 e. The molecule has 1 aromatic rings. The number of aliphatic hydroxyl groups excluding tert-OH is 1. The van der Waals surface area contributed by atoms with E-state index in [4.69, 9.17) is 10.5 Å². The minimum atomic E-state index is -3.64. The Labute approximate surface area is 107 Å². The summed E-state index contributed by atoms with van der Waals surface area (Å²) in [6.45, 7) is 1.64. The summed E-state index contributed by atoms with van der Waals surface area (Å²) in [5.41, 5.74) is 6.63. The first-order valence-corrected chi connectivity index (χ1v) is 6.88. The largest absolute Gasteiger partial charge is 0.399 e.